The van der Waals surface area contributed by atoms with Crippen LogP contribution in [-0.4, -0.2) is 17.8 Å². The third-order valence-electron chi connectivity index (χ3n) is 3.76. The molecule has 6 heteroatoms. The van der Waals surface area contributed by atoms with Crippen molar-refractivity contribution in [2.75, 3.05) is 6.54 Å². The maximum Gasteiger partial charge on any atom is 0.211 e. The molecule has 0 aliphatic carbocycles. The largest absolute Gasteiger partial charge is 0.303 e. The second-order valence-corrected chi connectivity index (χ2v) is 6.95. The predicted octanol–water partition coefficient (Wildman–Crippen LogP) is 4.63. The van der Waals surface area contributed by atoms with Crippen molar-refractivity contribution >= 4 is 38.1 Å². The summed E-state index contributed by atoms with van der Waals surface area (Å²) in [7, 11) is 0. The summed E-state index contributed by atoms with van der Waals surface area (Å²) >= 11 is 6.90. The standard InChI is InChI=1S/C17H15Br2NO3/c18-16-7-3-1-5-12(16)9-13(11-21)15(10-20(22)23)14-6-2-4-8-17(14)19/h1-8,11,13,15H,9-10H2/t13-,15-/m1/s1. The Morgan fingerprint density at radius 1 is 1.04 bits per heavy atom. The second-order valence-electron chi connectivity index (χ2n) is 5.24. The van der Waals surface area contributed by atoms with E-state index in [1.54, 1.807) is 0 Å². The lowest BCUT2D eigenvalue weighted by molar-refractivity contribution is -0.484. The van der Waals surface area contributed by atoms with E-state index in [0.717, 1.165) is 26.4 Å². The molecule has 0 bridgehead atoms. The van der Waals surface area contributed by atoms with Gasteiger partial charge < -0.3 is 4.79 Å². The molecule has 0 heterocycles. The van der Waals surface area contributed by atoms with E-state index in [-0.39, 0.29) is 11.5 Å². The molecule has 0 aliphatic heterocycles. The van der Waals surface area contributed by atoms with E-state index in [1.807, 2.05) is 48.5 Å². The summed E-state index contributed by atoms with van der Waals surface area (Å²) in [6, 6.07) is 14.9. The fourth-order valence-electron chi connectivity index (χ4n) is 2.60. The zero-order valence-corrected chi connectivity index (χ0v) is 15.4. The lowest BCUT2D eigenvalue weighted by Crippen LogP contribution is -2.24. The molecule has 23 heavy (non-hydrogen) atoms. The molecule has 0 aliphatic rings. The minimum atomic E-state index is -0.481. The summed E-state index contributed by atoms with van der Waals surface area (Å²) in [5.74, 6) is -0.956. The van der Waals surface area contributed by atoms with Crippen LogP contribution in [0.5, 0.6) is 0 Å². The Hall–Kier alpha value is -1.53. The van der Waals surface area contributed by atoms with Crippen LogP contribution < -0.4 is 0 Å². The maximum atomic E-state index is 11.7. The quantitative estimate of drug-likeness (QED) is 0.358. The van der Waals surface area contributed by atoms with Gasteiger partial charge in [0, 0.05) is 19.8 Å². The number of nitrogens with zero attached hydrogens (tertiary/aromatic N) is 1. The van der Waals surface area contributed by atoms with Gasteiger partial charge in [0.15, 0.2) is 0 Å². The number of benzene rings is 2. The van der Waals surface area contributed by atoms with Gasteiger partial charge in [-0.05, 0) is 29.7 Å². The first-order valence-electron chi connectivity index (χ1n) is 7.08. The van der Waals surface area contributed by atoms with Gasteiger partial charge in [0.25, 0.3) is 0 Å². The molecule has 0 N–H and O–H groups in total. The Bertz CT molecular complexity index is 706. The third kappa shape index (κ3) is 4.72. The highest BCUT2D eigenvalue weighted by molar-refractivity contribution is 9.10. The highest BCUT2D eigenvalue weighted by atomic mass is 79.9. The van der Waals surface area contributed by atoms with Gasteiger partial charge in [-0.15, -0.1) is 0 Å². The van der Waals surface area contributed by atoms with Crippen LogP contribution in [0.3, 0.4) is 0 Å². The van der Waals surface area contributed by atoms with Crippen LogP contribution in [0.2, 0.25) is 0 Å². The monoisotopic (exact) mass is 439 g/mol. The molecule has 2 atom stereocenters. The maximum absolute atomic E-state index is 11.7. The summed E-state index contributed by atoms with van der Waals surface area (Å²) in [5, 5.41) is 11.1. The van der Waals surface area contributed by atoms with Crippen LogP contribution in [0.15, 0.2) is 57.5 Å². The van der Waals surface area contributed by atoms with E-state index in [0.29, 0.717) is 6.42 Å². The Balaban J connectivity index is 2.36. The number of halogens is 2. The molecular formula is C17H15Br2NO3. The van der Waals surface area contributed by atoms with E-state index in [4.69, 9.17) is 0 Å². The van der Waals surface area contributed by atoms with Gasteiger partial charge in [0.2, 0.25) is 6.54 Å². The lowest BCUT2D eigenvalue weighted by atomic mass is 9.83. The van der Waals surface area contributed by atoms with E-state index < -0.39 is 11.8 Å². The Kier molecular flexibility index (Phi) is 6.47. The molecule has 0 saturated carbocycles. The fourth-order valence-corrected chi connectivity index (χ4v) is 3.63. The minimum absolute atomic E-state index is 0.281. The first-order valence-corrected chi connectivity index (χ1v) is 8.66. The Morgan fingerprint density at radius 2 is 1.65 bits per heavy atom. The van der Waals surface area contributed by atoms with Gasteiger partial charge in [-0.1, -0.05) is 68.3 Å². The number of hydrogen-bond donors (Lipinski definition) is 0. The molecular weight excluding hydrogens is 426 g/mol. The first-order chi connectivity index (χ1) is 11.0. The average molecular weight is 441 g/mol. The van der Waals surface area contributed by atoms with Crippen LogP contribution >= 0.6 is 31.9 Å². The highest BCUT2D eigenvalue weighted by Gasteiger charge is 2.29. The Morgan fingerprint density at radius 3 is 2.22 bits per heavy atom. The number of hydrogen-bond acceptors (Lipinski definition) is 3. The van der Waals surface area contributed by atoms with Crippen molar-refractivity contribution in [3.8, 4) is 0 Å². The molecule has 4 nitrogen and oxygen atoms in total. The molecule has 0 saturated heterocycles. The van der Waals surface area contributed by atoms with Crippen molar-refractivity contribution in [2.24, 2.45) is 5.92 Å². The molecule has 0 radical (unpaired) electrons. The van der Waals surface area contributed by atoms with E-state index in [1.165, 1.54) is 0 Å². The Labute approximate surface area is 151 Å². The summed E-state index contributed by atoms with van der Waals surface area (Å²) in [4.78, 5) is 22.4. The third-order valence-corrected chi connectivity index (χ3v) is 5.25. The van der Waals surface area contributed by atoms with Gasteiger partial charge in [0.1, 0.15) is 6.29 Å². The number of nitro groups is 1. The van der Waals surface area contributed by atoms with E-state index in [9.17, 15) is 14.9 Å². The molecule has 2 rings (SSSR count). The van der Waals surface area contributed by atoms with Crippen molar-refractivity contribution in [1.29, 1.82) is 0 Å². The minimum Gasteiger partial charge on any atom is -0.303 e. The van der Waals surface area contributed by atoms with Gasteiger partial charge in [-0.2, -0.15) is 0 Å². The lowest BCUT2D eigenvalue weighted by Gasteiger charge is -2.21. The summed E-state index contributed by atoms with van der Waals surface area (Å²) in [5.41, 5.74) is 1.75. The van der Waals surface area contributed by atoms with Crippen molar-refractivity contribution < 1.29 is 9.72 Å². The highest BCUT2D eigenvalue weighted by Crippen LogP contribution is 2.33. The molecule has 0 spiro atoms. The van der Waals surface area contributed by atoms with Crippen LogP contribution in [0.4, 0.5) is 0 Å². The summed E-state index contributed by atoms with van der Waals surface area (Å²) < 4.78 is 1.68. The number of aldehydes is 1. The number of carbonyl (C=O) groups is 1. The van der Waals surface area contributed by atoms with Crippen LogP contribution in [-0.2, 0) is 11.2 Å². The zero-order valence-electron chi connectivity index (χ0n) is 12.2. The van der Waals surface area contributed by atoms with Gasteiger partial charge >= 0.3 is 0 Å². The van der Waals surface area contributed by atoms with Crippen LogP contribution in [0.25, 0.3) is 0 Å². The first kappa shape index (κ1) is 17.8. The fraction of sp³-hybridized carbons (Fsp3) is 0.235. The molecule has 0 amide bonds. The normalized spacial score (nSPS) is 13.3. The van der Waals surface area contributed by atoms with Crippen LogP contribution in [0.1, 0.15) is 17.0 Å². The second kappa shape index (κ2) is 8.36. The predicted molar refractivity (Wildman–Crippen MR) is 96.1 cm³/mol. The van der Waals surface area contributed by atoms with Crippen molar-refractivity contribution in [3.05, 3.63) is 78.7 Å². The van der Waals surface area contributed by atoms with Crippen molar-refractivity contribution in [2.45, 2.75) is 12.3 Å². The van der Waals surface area contributed by atoms with Crippen molar-refractivity contribution in [1.82, 2.24) is 0 Å². The number of carbonyl (C=O) groups excluding carboxylic acids is 1. The summed E-state index contributed by atoms with van der Waals surface area (Å²) in [6.45, 7) is -0.281. The topological polar surface area (TPSA) is 60.2 Å². The van der Waals surface area contributed by atoms with Crippen LogP contribution in [0, 0.1) is 16.0 Å². The zero-order chi connectivity index (χ0) is 16.8. The molecule has 2 aromatic rings. The molecule has 0 aromatic heterocycles. The van der Waals surface area contributed by atoms with E-state index in [2.05, 4.69) is 31.9 Å². The molecule has 2 aromatic carbocycles. The van der Waals surface area contributed by atoms with Crippen molar-refractivity contribution in [3.63, 3.8) is 0 Å². The van der Waals surface area contributed by atoms with Gasteiger partial charge in [-0.25, -0.2) is 0 Å². The molecule has 0 unspecified atom stereocenters. The van der Waals surface area contributed by atoms with E-state index >= 15 is 0 Å². The van der Waals surface area contributed by atoms with Gasteiger partial charge in [-0.3, -0.25) is 10.1 Å². The molecule has 120 valence electrons. The summed E-state index contributed by atoms with van der Waals surface area (Å²) in [6.07, 6.45) is 1.28. The smallest absolute Gasteiger partial charge is 0.211 e. The SMILES string of the molecule is O=C[C@@H](Cc1ccccc1Br)[C@@H](C[N+](=O)[O-])c1ccccc1Br. The average Bonchev–Trinajstić information content (AvgIpc) is 2.53. The number of rotatable bonds is 7. The van der Waals surface area contributed by atoms with Gasteiger partial charge in [0.05, 0.1) is 5.92 Å². The molecule has 0 fully saturated rings.